The fourth-order valence-corrected chi connectivity index (χ4v) is 4.93. The third-order valence-electron chi connectivity index (χ3n) is 3.95. The molecule has 1 aliphatic rings. The SMILES string of the molecule is O=S(=O)(c1ccc(F)cc1)N1CCCN(c2ncc(C(F)(F)F)s2)CC1. The van der Waals surface area contributed by atoms with Gasteiger partial charge in [-0.05, 0) is 30.7 Å². The standard InChI is InChI=1S/C15H15F4N3O2S2/c16-11-2-4-12(5-3-11)26(23,24)22-7-1-6-21(8-9-22)14-20-10-13(25-14)15(17,18)19/h2-5,10H,1,6-9H2. The van der Waals surface area contributed by atoms with Crippen molar-refractivity contribution in [2.75, 3.05) is 31.1 Å². The zero-order valence-corrected chi connectivity index (χ0v) is 15.0. The number of thiazole rings is 1. The lowest BCUT2D eigenvalue weighted by Crippen LogP contribution is -2.35. The molecule has 0 saturated carbocycles. The number of anilines is 1. The molecule has 26 heavy (non-hydrogen) atoms. The number of alkyl halides is 3. The zero-order valence-electron chi connectivity index (χ0n) is 13.4. The van der Waals surface area contributed by atoms with E-state index in [1.807, 2.05) is 0 Å². The second-order valence-corrected chi connectivity index (χ2v) is 8.65. The van der Waals surface area contributed by atoms with Crippen LogP contribution in [0.1, 0.15) is 11.3 Å². The molecule has 0 spiro atoms. The lowest BCUT2D eigenvalue weighted by molar-refractivity contribution is -0.134. The van der Waals surface area contributed by atoms with Crippen molar-refractivity contribution in [3.05, 3.63) is 41.2 Å². The smallest absolute Gasteiger partial charge is 0.347 e. The Morgan fingerprint density at radius 3 is 2.35 bits per heavy atom. The summed E-state index contributed by atoms with van der Waals surface area (Å²) in [5.74, 6) is -0.532. The number of halogens is 4. The molecule has 1 aliphatic heterocycles. The van der Waals surface area contributed by atoms with E-state index in [1.54, 1.807) is 4.90 Å². The first-order valence-corrected chi connectivity index (χ1v) is 9.97. The number of hydrogen-bond donors (Lipinski definition) is 0. The summed E-state index contributed by atoms with van der Waals surface area (Å²) in [5, 5.41) is 0.221. The molecule has 0 aliphatic carbocycles. The van der Waals surface area contributed by atoms with Gasteiger partial charge in [-0.3, -0.25) is 0 Å². The van der Waals surface area contributed by atoms with Gasteiger partial charge in [-0.15, -0.1) is 0 Å². The van der Waals surface area contributed by atoms with Crippen LogP contribution in [0.25, 0.3) is 0 Å². The molecule has 142 valence electrons. The van der Waals surface area contributed by atoms with Gasteiger partial charge in [0.15, 0.2) is 5.13 Å². The topological polar surface area (TPSA) is 53.5 Å². The van der Waals surface area contributed by atoms with Crippen LogP contribution in [0.5, 0.6) is 0 Å². The summed E-state index contributed by atoms with van der Waals surface area (Å²) in [7, 11) is -3.78. The van der Waals surface area contributed by atoms with Crippen molar-refractivity contribution in [3.8, 4) is 0 Å². The Morgan fingerprint density at radius 1 is 1.04 bits per heavy atom. The van der Waals surface area contributed by atoms with E-state index < -0.39 is 26.9 Å². The average Bonchev–Trinajstić information content (AvgIpc) is 2.94. The number of hydrogen-bond acceptors (Lipinski definition) is 5. The normalized spacial score (nSPS) is 17.3. The summed E-state index contributed by atoms with van der Waals surface area (Å²) in [6.45, 7) is 0.972. The molecule has 2 heterocycles. The van der Waals surface area contributed by atoms with Crippen molar-refractivity contribution < 1.29 is 26.0 Å². The quantitative estimate of drug-likeness (QED) is 0.731. The Balaban J connectivity index is 1.74. The molecule has 1 aromatic heterocycles. The highest BCUT2D eigenvalue weighted by Gasteiger charge is 2.34. The van der Waals surface area contributed by atoms with Gasteiger partial charge in [-0.25, -0.2) is 17.8 Å². The van der Waals surface area contributed by atoms with Gasteiger partial charge in [0.1, 0.15) is 10.7 Å². The summed E-state index contributed by atoms with van der Waals surface area (Å²) in [5.41, 5.74) is 0. The van der Waals surface area contributed by atoms with E-state index in [4.69, 9.17) is 0 Å². The second-order valence-electron chi connectivity index (χ2n) is 5.70. The van der Waals surface area contributed by atoms with Crippen molar-refractivity contribution in [2.45, 2.75) is 17.5 Å². The number of aromatic nitrogens is 1. The van der Waals surface area contributed by atoms with Crippen LogP contribution >= 0.6 is 11.3 Å². The van der Waals surface area contributed by atoms with E-state index in [9.17, 15) is 26.0 Å². The van der Waals surface area contributed by atoms with E-state index in [1.165, 1.54) is 16.4 Å². The third-order valence-corrected chi connectivity index (χ3v) is 6.97. The highest BCUT2D eigenvalue weighted by molar-refractivity contribution is 7.89. The van der Waals surface area contributed by atoms with Crippen molar-refractivity contribution in [1.82, 2.24) is 9.29 Å². The molecule has 1 aromatic carbocycles. The van der Waals surface area contributed by atoms with Crippen molar-refractivity contribution in [2.24, 2.45) is 0 Å². The monoisotopic (exact) mass is 409 g/mol. The Hall–Kier alpha value is -1.72. The molecule has 2 aromatic rings. The summed E-state index contributed by atoms with van der Waals surface area (Å²) in [6.07, 6.45) is -3.21. The van der Waals surface area contributed by atoms with Gasteiger partial charge in [0.05, 0.1) is 11.1 Å². The lowest BCUT2D eigenvalue weighted by Gasteiger charge is -2.21. The zero-order chi connectivity index (χ0) is 18.9. The number of sulfonamides is 1. The number of rotatable bonds is 3. The van der Waals surface area contributed by atoms with E-state index in [-0.39, 0.29) is 29.7 Å². The molecule has 0 unspecified atom stereocenters. The molecule has 0 N–H and O–H groups in total. The van der Waals surface area contributed by atoms with Gasteiger partial charge in [-0.1, -0.05) is 11.3 Å². The molecule has 1 fully saturated rings. The highest BCUT2D eigenvalue weighted by Crippen LogP contribution is 2.36. The van der Waals surface area contributed by atoms with Gasteiger partial charge in [-0.2, -0.15) is 17.5 Å². The van der Waals surface area contributed by atoms with Gasteiger partial charge < -0.3 is 4.90 Å². The third kappa shape index (κ3) is 3.99. The minimum absolute atomic E-state index is 0.0130. The summed E-state index contributed by atoms with van der Waals surface area (Å²) >= 11 is 0.542. The fourth-order valence-electron chi connectivity index (χ4n) is 2.62. The van der Waals surface area contributed by atoms with Crippen LogP contribution in [0.2, 0.25) is 0 Å². The van der Waals surface area contributed by atoms with Crippen LogP contribution in [0, 0.1) is 5.82 Å². The van der Waals surface area contributed by atoms with Crippen molar-refractivity contribution >= 4 is 26.5 Å². The first-order chi connectivity index (χ1) is 12.2. The predicted molar refractivity (Wildman–Crippen MR) is 89.1 cm³/mol. The summed E-state index contributed by atoms with van der Waals surface area (Å²) in [6, 6.07) is 4.55. The Bertz CT molecular complexity index is 866. The predicted octanol–water partition coefficient (Wildman–Crippen LogP) is 3.20. The minimum Gasteiger partial charge on any atom is -0.347 e. The van der Waals surface area contributed by atoms with Crippen molar-refractivity contribution in [1.29, 1.82) is 0 Å². The Morgan fingerprint density at radius 2 is 1.73 bits per heavy atom. The maximum absolute atomic E-state index is 13.0. The van der Waals surface area contributed by atoms with E-state index in [2.05, 4.69) is 4.98 Å². The fraction of sp³-hybridized carbons (Fsp3) is 0.400. The molecule has 0 amide bonds. The molecule has 5 nitrogen and oxygen atoms in total. The summed E-state index contributed by atoms with van der Waals surface area (Å²) in [4.78, 5) is 4.67. The molecule has 0 bridgehead atoms. The molecule has 11 heteroatoms. The largest absolute Gasteiger partial charge is 0.427 e. The first kappa shape index (κ1) is 19.1. The van der Waals surface area contributed by atoms with E-state index in [0.29, 0.717) is 24.3 Å². The second kappa shape index (κ2) is 7.12. The van der Waals surface area contributed by atoms with E-state index in [0.717, 1.165) is 18.3 Å². The van der Waals surface area contributed by atoms with E-state index >= 15 is 0 Å². The Kier molecular flexibility index (Phi) is 5.22. The van der Waals surface area contributed by atoms with Crippen LogP contribution in [0.15, 0.2) is 35.4 Å². The maximum atomic E-state index is 13.0. The first-order valence-electron chi connectivity index (χ1n) is 7.71. The minimum atomic E-state index is -4.44. The van der Waals surface area contributed by atoms with Crippen LogP contribution in [0.4, 0.5) is 22.7 Å². The molecular weight excluding hydrogens is 394 g/mol. The maximum Gasteiger partial charge on any atom is 0.427 e. The lowest BCUT2D eigenvalue weighted by atomic mass is 10.4. The van der Waals surface area contributed by atoms with Gasteiger partial charge in [0.2, 0.25) is 10.0 Å². The summed E-state index contributed by atoms with van der Waals surface area (Å²) < 4.78 is 77.7. The molecular formula is C15H15F4N3O2S2. The Labute approximate surface area is 151 Å². The highest BCUT2D eigenvalue weighted by atomic mass is 32.2. The molecule has 1 saturated heterocycles. The molecule has 0 radical (unpaired) electrons. The molecule has 3 rings (SSSR count). The van der Waals surface area contributed by atoms with Crippen LogP contribution in [-0.4, -0.2) is 43.9 Å². The van der Waals surface area contributed by atoms with Gasteiger partial charge in [0, 0.05) is 26.2 Å². The number of benzene rings is 1. The van der Waals surface area contributed by atoms with Crippen molar-refractivity contribution in [3.63, 3.8) is 0 Å². The number of nitrogens with zero attached hydrogens (tertiary/aromatic N) is 3. The van der Waals surface area contributed by atoms with Gasteiger partial charge >= 0.3 is 6.18 Å². The van der Waals surface area contributed by atoms with Crippen LogP contribution < -0.4 is 4.90 Å². The van der Waals surface area contributed by atoms with Crippen LogP contribution in [-0.2, 0) is 16.2 Å². The van der Waals surface area contributed by atoms with Gasteiger partial charge in [0.25, 0.3) is 0 Å². The van der Waals surface area contributed by atoms with Crippen LogP contribution in [0.3, 0.4) is 0 Å². The average molecular weight is 409 g/mol. The molecule has 0 atom stereocenters.